The van der Waals surface area contributed by atoms with E-state index in [9.17, 15) is 8.42 Å². The summed E-state index contributed by atoms with van der Waals surface area (Å²) in [6.45, 7) is 6.54. The molecule has 1 aromatic rings. The summed E-state index contributed by atoms with van der Waals surface area (Å²) >= 11 is 0. The average molecular weight is 299 g/mol. The van der Waals surface area contributed by atoms with Gasteiger partial charge in [-0.05, 0) is 43.5 Å². The van der Waals surface area contributed by atoms with Crippen molar-refractivity contribution in [2.45, 2.75) is 44.9 Å². The van der Waals surface area contributed by atoms with Crippen molar-refractivity contribution < 1.29 is 13.2 Å². The molecule has 0 amide bonds. The molecule has 5 heteroatoms. The van der Waals surface area contributed by atoms with Crippen LogP contribution in [0.1, 0.15) is 37.3 Å². The van der Waals surface area contributed by atoms with Crippen LogP contribution >= 0.6 is 0 Å². The molecule has 0 aromatic heterocycles. The Hall–Kier alpha value is -1.07. The Bertz CT molecular complexity index is 550. The zero-order valence-corrected chi connectivity index (χ0v) is 13.9. The van der Waals surface area contributed by atoms with E-state index in [0.29, 0.717) is 12.4 Å². The highest BCUT2D eigenvalue weighted by Crippen LogP contribution is 2.29. The molecule has 0 saturated carbocycles. The Morgan fingerprint density at radius 3 is 2.25 bits per heavy atom. The van der Waals surface area contributed by atoms with Crippen LogP contribution in [0.5, 0.6) is 5.75 Å². The summed E-state index contributed by atoms with van der Waals surface area (Å²) in [5.41, 5.74) is 1.99. The van der Waals surface area contributed by atoms with Gasteiger partial charge in [-0.25, -0.2) is 12.7 Å². The van der Waals surface area contributed by atoms with Gasteiger partial charge in [-0.2, -0.15) is 0 Å². The molecular formula is C15H25NO3S. The molecule has 1 aromatic carbocycles. The van der Waals surface area contributed by atoms with E-state index in [1.54, 1.807) is 6.07 Å². The van der Waals surface area contributed by atoms with Crippen LogP contribution < -0.4 is 4.74 Å². The molecule has 0 unspecified atom stereocenters. The number of rotatable bonds is 7. The van der Waals surface area contributed by atoms with Gasteiger partial charge in [0.25, 0.3) is 0 Å². The maximum Gasteiger partial charge on any atom is 0.246 e. The number of unbranched alkanes of at least 4 members (excludes halogenated alkanes) is 2. The Morgan fingerprint density at radius 1 is 1.10 bits per heavy atom. The summed E-state index contributed by atoms with van der Waals surface area (Å²) in [5.74, 6) is 0.456. The number of sulfonamides is 1. The van der Waals surface area contributed by atoms with E-state index in [-0.39, 0.29) is 4.90 Å². The molecule has 0 bridgehead atoms. The minimum atomic E-state index is -3.48. The second-order valence-corrected chi connectivity index (χ2v) is 7.35. The van der Waals surface area contributed by atoms with E-state index >= 15 is 0 Å². The number of hydrogen-bond acceptors (Lipinski definition) is 3. The highest BCUT2D eigenvalue weighted by atomic mass is 32.2. The molecule has 20 heavy (non-hydrogen) atoms. The summed E-state index contributed by atoms with van der Waals surface area (Å²) in [5, 5.41) is 0. The fourth-order valence-electron chi connectivity index (χ4n) is 1.81. The number of hydrogen-bond donors (Lipinski definition) is 0. The highest BCUT2D eigenvalue weighted by Gasteiger charge is 2.23. The van der Waals surface area contributed by atoms with Crippen molar-refractivity contribution in [3.05, 3.63) is 23.3 Å². The largest absolute Gasteiger partial charge is 0.492 e. The Kier molecular flexibility index (Phi) is 6.02. The van der Waals surface area contributed by atoms with Gasteiger partial charge in [-0.15, -0.1) is 0 Å². The average Bonchev–Trinajstić information content (AvgIpc) is 2.38. The van der Waals surface area contributed by atoms with Crippen LogP contribution in [0, 0.1) is 13.8 Å². The van der Waals surface area contributed by atoms with Crippen molar-refractivity contribution in [1.82, 2.24) is 4.31 Å². The molecule has 0 atom stereocenters. The van der Waals surface area contributed by atoms with Crippen LogP contribution in [-0.2, 0) is 10.0 Å². The number of benzene rings is 1. The van der Waals surface area contributed by atoms with Gasteiger partial charge in [0.2, 0.25) is 10.0 Å². The van der Waals surface area contributed by atoms with Gasteiger partial charge >= 0.3 is 0 Å². The lowest BCUT2D eigenvalue weighted by Gasteiger charge is -2.17. The van der Waals surface area contributed by atoms with Gasteiger partial charge in [0.05, 0.1) is 6.61 Å². The monoisotopic (exact) mass is 299 g/mol. The quantitative estimate of drug-likeness (QED) is 0.727. The maximum atomic E-state index is 12.4. The first-order valence-corrected chi connectivity index (χ1v) is 8.41. The van der Waals surface area contributed by atoms with Crippen molar-refractivity contribution in [3.8, 4) is 5.75 Å². The molecule has 0 aliphatic carbocycles. The van der Waals surface area contributed by atoms with E-state index in [4.69, 9.17) is 4.74 Å². The van der Waals surface area contributed by atoms with Gasteiger partial charge in [0, 0.05) is 14.1 Å². The minimum absolute atomic E-state index is 0.252. The van der Waals surface area contributed by atoms with Gasteiger partial charge < -0.3 is 4.74 Å². The fourth-order valence-corrected chi connectivity index (χ4v) is 2.90. The van der Waals surface area contributed by atoms with Crippen LogP contribution in [0.4, 0.5) is 0 Å². The van der Waals surface area contributed by atoms with Crippen molar-refractivity contribution in [3.63, 3.8) is 0 Å². The van der Waals surface area contributed by atoms with Gasteiger partial charge in [0.1, 0.15) is 10.6 Å². The zero-order chi connectivity index (χ0) is 15.3. The van der Waals surface area contributed by atoms with E-state index in [1.807, 2.05) is 19.9 Å². The summed E-state index contributed by atoms with van der Waals surface area (Å²) in [6.07, 6.45) is 3.13. The highest BCUT2D eigenvalue weighted by molar-refractivity contribution is 7.89. The molecule has 0 radical (unpaired) electrons. The normalized spacial score (nSPS) is 11.9. The third-order valence-corrected chi connectivity index (χ3v) is 5.16. The maximum absolute atomic E-state index is 12.4. The third kappa shape index (κ3) is 3.96. The lowest BCUT2D eigenvalue weighted by atomic mass is 10.1. The van der Waals surface area contributed by atoms with Crippen molar-refractivity contribution in [1.29, 1.82) is 0 Å². The Labute approximate surface area is 122 Å². The second kappa shape index (κ2) is 7.09. The van der Waals surface area contributed by atoms with Gasteiger partial charge in [-0.1, -0.05) is 19.8 Å². The van der Waals surface area contributed by atoms with Crippen molar-refractivity contribution in [2.75, 3.05) is 20.7 Å². The van der Waals surface area contributed by atoms with Gasteiger partial charge in [0.15, 0.2) is 0 Å². The number of ether oxygens (including phenoxy) is 1. The minimum Gasteiger partial charge on any atom is -0.492 e. The first-order chi connectivity index (χ1) is 9.30. The first-order valence-electron chi connectivity index (χ1n) is 6.97. The SMILES string of the molecule is CCCCCOc1cc(C)c(C)cc1S(=O)(=O)N(C)C. The van der Waals surface area contributed by atoms with Gasteiger partial charge in [-0.3, -0.25) is 0 Å². The predicted molar refractivity (Wildman–Crippen MR) is 81.8 cm³/mol. The van der Waals surface area contributed by atoms with E-state index < -0.39 is 10.0 Å². The van der Waals surface area contributed by atoms with Crippen molar-refractivity contribution in [2.24, 2.45) is 0 Å². The van der Waals surface area contributed by atoms with E-state index in [1.165, 1.54) is 18.4 Å². The van der Waals surface area contributed by atoms with Crippen LogP contribution in [0.25, 0.3) is 0 Å². The number of aryl methyl sites for hydroxylation is 2. The van der Waals surface area contributed by atoms with Crippen LogP contribution in [0.15, 0.2) is 17.0 Å². The lowest BCUT2D eigenvalue weighted by molar-refractivity contribution is 0.297. The van der Waals surface area contributed by atoms with E-state index in [0.717, 1.165) is 30.4 Å². The molecule has 0 fully saturated rings. The van der Waals surface area contributed by atoms with Crippen molar-refractivity contribution >= 4 is 10.0 Å². The predicted octanol–water partition coefficient (Wildman–Crippen LogP) is 3.12. The third-order valence-electron chi connectivity index (χ3n) is 3.32. The topological polar surface area (TPSA) is 46.6 Å². The number of nitrogens with zero attached hydrogens (tertiary/aromatic N) is 1. The van der Waals surface area contributed by atoms with Crippen LogP contribution in [-0.4, -0.2) is 33.4 Å². The molecule has 0 N–H and O–H groups in total. The molecule has 114 valence electrons. The summed E-state index contributed by atoms with van der Waals surface area (Å²) in [4.78, 5) is 0.252. The summed E-state index contributed by atoms with van der Waals surface area (Å²) < 4.78 is 31.6. The second-order valence-electron chi connectivity index (χ2n) is 5.23. The molecule has 0 aliphatic heterocycles. The standard InChI is InChI=1S/C15H25NO3S/c1-6-7-8-9-19-14-10-12(2)13(3)11-15(14)20(17,18)16(4)5/h10-11H,6-9H2,1-5H3. The lowest BCUT2D eigenvalue weighted by Crippen LogP contribution is -2.23. The van der Waals surface area contributed by atoms with E-state index in [2.05, 4.69) is 6.92 Å². The molecule has 0 heterocycles. The zero-order valence-electron chi connectivity index (χ0n) is 13.1. The summed E-state index contributed by atoms with van der Waals surface area (Å²) in [6, 6.07) is 3.51. The molecule has 0 aliphatic rings. The molecule has 0 spiro atoms. The smallest absolute Gasteiger partial charge is 0.246 e. The Balaban J connectivity index is 3.12. The summed E-state index contributed by atoms with van der Waals surface area (Å²) in [7, 11) is -0.415. The molecule has 4 nitrogen and oxygen atoms in total. The van der Waals surface area contributed by atoms with Crippen LogP contribution in [0.2, 0.25) is 0 Å². The molecule has 1 rings (SSSR count). The van der Waals surface area contributed by atoms with Crippen LogP contribution in [0.3, 0.4) is 0 Å². The first kappa shape index (κ1) is 17.0. The molecule has 0 saturated heterocycles. The Morgan fingerprint density at radius 2 is 1.70 bits per heavy atom. The fraction of sp³-hybridized carbons (Fsp3) is 0.600. The molecular weight excluding hydrogens is 274 g/mol.